The summed E-state index contributed by atoms with van der Waals surface area (Å²) >= 11 is 0. The van der Waals surface area contributed by atoms with E-state index < -0.39 is 6.85 Å². The first-order valence-electron chi connectivity index (χ1n) is 12.8. The normalized spacial score (nSPS) is 18.8. The molecule has 3 nitrogen and oxygen atoms in total. The molecule has 0 atom stereocenters. The van der Waals surface area contributed by atoms with Gasteiger partial charge in [0.2, 0.25) is 11.4 Å². The molecule has 0 aliphatic heterocycles. The Morgan fingerprint density at radius 3 is 2.68 bits per heavy atom. The summed E-state index contributed by atoms with van der Waals surface area (Å²) in [6, 6.07) is 12.1. The molecule has 3 aromatic heterocycles. The van der Waals surface area contributed by atoms with Gasteiger partial charge in [-0.15, -0.1) is 0 Å². The average molecular weight is 417 g/mol. The van der Waals surface area contributed by atoms with Gasteiger partial charge in [0.1, 0.15) is 7.05 Å². The van der Waals surface area contributed by atoms with Gasteiger partial charge in [0.25, 0.3) is 0 Å². The van der Waals surface area contributed by atoms with E-state index in [-0.39, 0.29) is 5.69 Å². The van der Waals surface area contributed by atoms with Crippen molar-refractivity contribution in [2.45, 2.75) is 59.7 Å². The summed E-state index contributed by atoms with van der Waals surface area (Å²) in [5.41, 5.74) is 6.29. The van der Waals surface area contributed by atoms with Crippen molar-refractivity contribution >= 4 is 22.1 Å². The molecule has 1 aliphatic rings. The zero-order valence-corrected chi connectivity index (χ0v) is 19.0. The van der Waals surface area contributed by atoms with Crippen LogP contribution in [0.15, 0.2) is 47.0 Å². The summed E-state index contributed by atoms with van der Waals surface area (Å²) in [6.07, 6.45) is 8.42. The summed E-state index contributed by atoms with van der Waals surface area (Å²) in [5, 5.41) is 1.80. The number of benzene rings is 1. The molecule has 1 aliphatic carbocycles. The van der Waals surface area contributed by atoms with Crippen molar-refractivity contribution in [3.05, 3.63) is 59.4 Å². The molecule has 0 spiro atoms. The van der Waals surface area contributed by atoms with Crippen molar-refractivity contribution in [3.8, 4) is 11.3 Å². The number of furan rings is 1. The predicted molar refractivity (Wildman–Crippen MR) is 127 cm³/mol. The first kappa shape index (κ1) is 16.9. The summed E-state index contributed by atoms with van der Waals surface area (Å²) in [4.78, 5) is 4.34. The fourth-order valence-electron chi connectivity index (χ4n) is 5.12. The van der Waals surface area contributed by atoms with Crippen molar-refractivity contribution < 1.29 is 13.1 Å². The van der Waals surface area contributed by atoms with Crippen molar-refractivity contribution in [2.24, 2.45) is 18.4 Å². The summed E-state index contributed by atoms with van der Waals surface area (Å²) < 4.78 is 31.5. The Bertz CT molecular complexity index is 1370. The van der Waals surface area contributed by atoms with Crippen LogP contribution in [0.4, 0.5) is 0 Å². The fourth-order valence-corrected chi connectivity index (χ4v) is 5.12. The van der Waals surface area contributed by atoms with Crippen LogP contribution >= 0.6 is 0 Å². The number of aromatic nitrogens is 2. The lowest BCUT2D eigenvalue weighted by Crippen LogP contribution is -2.31. The van der Waals surface area contributed by atoms with E-state index in [1.165, 1.54) is 31.2 Å². The molecule has 0 N–H and O–H groups in total. The molecule has 1 aromatic carbocycles. The summed E-state index contributed by atoms with van der Waals surface area (Å²) in [7, 11) is 2.06. The monoisotopic (exact) mass is 416 g/mol. The minimum Gasteiger partial charge on any atom is -0.437 e. The van der Waals surface area contributed by atoms with Crippen LogP contribution in [0.1, 0.15) is 60.5 Å². The first-order valence-corrected chi connectivity index (χ1v) is 11.3. The molecule has 0 bridgehead atoms. The molecule has 0 amide bonds. The van der Waals surface area contributed by atoms with Gasteiger partial charge >= 0.3 is 0 Å². The lowest BCUT2D eigenvalue weighted by atomic mass is 9.72. The van der Waals surface area contributed by atoms with Gasteiger partial charge < -0.3 is 4.42 Å². The Morgan fingerprint density at radius 2 is 1.90 bits per heavy atom. The van der Waals surface area contributed by atoms with Crippen LogP contribution in [0, 0.1) is 25.1 Å². The number of hydrogen-bond acceptors (Lipinski definition) is 2. The van der Waals surface area contributed by atoms with E-state index in [0.717, 1.165) is 45.5 Å². The van der Waals surface area contributed by atoms with Gasteiger partial charge in [-0.05, 0) is 80.5 Å². The highest BCUT2D eigenvalue weighted by Gasteiger charge is 2.27. The molecule has 160 valence electrons. The van der Waals surface area contributed by atoms with Crippen LogP contribution in [0.5, 0.6) is 0 Å². The number of aryl methyl sites for hydroxylation is 3. The molecule has 31 heavy (non-hydrogen) atoms. The Hall–Kier alpha value is -2.68. The third-order valence-electron chi connectivity index (χ3n) is 7.17. The Kier molecular flexibility index (Phi) is 4.09. The van der Waals surface area contributed by atoms with Crippen LogP contribution in [0.25, 0.3) is 33.3 Å². The van der Waals surface area contributed by atoms with E-state index in [9.17, 15) is 0 Å². The topological polar surface area (TPSA) is 29.9 Å². The van der Waals surface area contributed by atoms with Gasteiger partial charge in [-0.3, -0.25) is 0 Å². The second kappa shape index (κ2) is 7.47. The Balaban J connectivity index is 1.58. The van der Waals surface area contributed by atoms with E-state index in [1.807, 2.05) is 12.1 Å². The number of nitrogens with zero attached hydrogens (tertiary/aromatic N) is 2. The number of fused-ring (bicyclic) bond motifs is 3. The van der Waals surface area contributed by atoms with E-state index in [2.05, 4.69) is 61.8 Å². The number of rotatable bonds is 3. The standard InChI is InChI=1S/C28H33N2O/c1-18-6-8-22-23-9-7-19(2)29-27(23)31-26(22)25(18)24-17-21(12-15-30(24)5)16-20-10-13-28(3,4)14-11-20/h6-9,12,15,17,20H,10-11,13-14,16H2,1-5H3/q+1/i2D3. The molecule has 0 unspecified atom stereocenters. The highest BCUT2D eigenvalue weighted by Crippen LogP contribution is 2.40. The highest BCUT2D eigenvalue weighted by atomic mass is 16.3. The number of pyridine rings is 2. The van der Waals surface area contributed by atoms with Gasteiger partial charge in [0, 0.05) is 32.7 Å². The summed E-state index contributed by atoms with van der Waals surface area (Å²) in [6.45, 7) is 4.60. The van der Waals surface area contributed by atoms with Crippen molar-refractivity contribution in [1.82, 2.24) is 4.98 Å². The molecule has 5 rings (SSSR count). The van der Waals surface area contributed by atoms with E-state index in [1.54, 1.807) is 6.07 Å². The molecule has 0 saturated heterocycles. The minimum atomic E-state index is -2.26. The second-order valence-electron chi connectivity index (χ2n) is 10.1. The molecule has 0 radical (unpaired) electrons. The largest absolute Gasteiger partial charge is 0.437 e. The molecule has 3 heterocycles. The van der Waals surface area contributed by atoms with Crippen LogP contribution < -0.4 is 4.57 Å². The Morgan fingerprint density at radius 1 is 1.13 bits per heavy atom. The van der Waals surface area contributed by atoms with Gasteiger partial charge in [-0.25, -0.2) is 9.55 Å². The van der Waals surface area contributed by atoms with Gasteiger partial charge in [0.15, 0.2) is 11.8 Å². The van der Waals surface area contributed by atoms with Crippen LogP contribution in [0.3, 0.4) is 0 Å². The van der Waals surface area contributed by atoms with Crippen LogP contribution in [-0.2, 0) is 13.5 Å². The van der Waals surface area contributed by atoms with Crippen molar-refractivity contribution in [3.63, 3.8) is 0 Å². The first-order chi connectivity index (χ1) is 16.0. The molecule has 1 saturated carbocycles. The van der Waals surface area contributed by atoms with Gasteiger partial charge in [-0.2, -0.15) is 0 Å². The average Bonchev–Trinajstić information content (AvgIpc) is 3.14. The lowest BCUT2D eigenvalue weighted by Gasteiger charge is -2.34. The zero-order valence-electron chi connectivity index (χ0n) is 22.0. The quantitative estimate of drug-likeness (QED) is 0.342. The molecular formula is C28H33N2O+. The molecule has 1 fully saturated rings. The summed E-state index contributed by atoms with van der Waals surface area (Å²) in [5.74, 6) is 0.735. The van der Waals surface area contributed by atoms with Gasteiger partial charge in [-0.1, -0.05) is 26.0 Å². The number of hydrogen-bond donors (Lipinski definition) is 0. The minimum absolute atomic E-state index is 0.0561. The second-order valence-corrected chi connectivity index (χ2v) is 10.1. The lowest BCUT2D eigenvalue weighted by molar-refractivity contribution is -0.660. The fraction of sp³-hybridized carbons (Fsp3) is 0.429. The Labute approximate surface area is 189 Å². The highest BCUT2D eigenvalue weighted by molar-refractivity contribution is 6.08. The maximum atomic E-state index is 7.70. The smallest absolute Gasteiger partial charge is 0.227 e. The third kappa shape index (κ3) is 3.75. The molecule has 4 aromatic rings. The molecule has 3 heteroatoms. The van der Waals surface area contributed by atoms with Crippen LogP contribution in [-0.4, -0.2) is 4.98 Å². The maximum Gasteiger partial charge on any atom is 0.227 e. The SMILES string of the molecule is [2H]C([2H])([2H])c1ccc2c(n1)oc1c(-c3cc(CC4CCC(C)(C)CC4)cc[n+]3C)c(C)ccc12. The zero-order chi connectivity index (χ0) is 24.3. The van der Waals surface area contributed by atoms with E-state index >= 15 is 0 Å². The predicted octanol–water partition coefficient (Wildman–Crippen LogP) is 6.85. The van der Waals surface area contributed by atoms with Crippen molar-refractivity contribution in [1.29, 1.82) is 0 Å². The van der Waals surface area contributed by atoms with Gasteiger partial charge in [0.05, 0.1) is 5.56 Å². The van der Waals surface area contributed by atoms with Crippen LogP contribution in [0.2, 0.25) is 0 Å². The maximum absolute atomic E-state index is 7.70. The van der Waals surface area contributed by atoms with Crippen molar-refractivity contribution in [2.75, 3.05) is 0 Å². The van der Waals surface area contributed by atoms with E-state index in [4.69, 9.17) is 8.53 Å². The third-order valence-corrected chi connectivity index (χ3v) is 7.17. The van der Waals surface area contributed by atoms with E-state index in [0.29, 0.717) is 11.1 Å². The molecular weight excluding hydrogens is 380 g/mol.